The molecule has 1 aliphatic heterocycles. The van der Waals surface area contributed by atoms with Crippen LogP contribution in [0, 0.1) is 0 Å². The van der Waals surface area contributed by atoms with Crippen LogP contribution in [0.15, 0.2) is 24.3 Å². The maximum atomic E-state index is 12.2. The largest absolute Gasteiger partial charge is 0.465 e. The van der Waals surface area contributed by atoms with E-state index in [4.69, 9.17) is 9.88 Å². The predicted molar refractivity (Wildman–Crippen MR) is 74.0 cm³/mol. The van der Waals surface area contributed by atoms with Crippen LogP contribution in [0.25, 0.3) is 0 Å². The van der Waals surface area contributed by atoms with E-state index in [-0.39, 0.29) is 13.2 Å². The molecule has 7 heteroatoms. The number of benzene rings is 1. The fourth-order valence-corrected chi connectivity index (χ4v) is 3.36. The second-order valence-corrected chi connectivity index (χ2v) is 6.11. The molecule has 1 atom stereocenters. The van der Waals surface area contributed by atoms with E-state index in [2.05, 4.69) is 0 Å². The van der Waals surface area contributed by atoms with Crippen molar-refractivity contribution in [2.45, 2.75) is 25.8 Å². The van der Waals surface area contributed by atoms with Gasteiger partial charge in [0, 0.05) is 6.54 Å². The van der Waals surface area contributed by atoms with Crippen LogP contribution in [0.4, 0.5) is 0 Å². The van der Waals surface area contributed by atoms with Gasteiger partial charge in [0.1, 0.15) is 6.04 Å². The molecule has 1 heterocycles. The third-order valence-corrected chi connectivity index (χ3v) is 4.35. The minimum atomic E-state index is -3.97. The first-order chi connectivity index (χ1) is 9.45. The van der Waals surface area contributed by atoms with Crippen molar-refractivity contribution in [2.75, 3.05) is 13.2 Å². The molecule has 0 bridgehead atoms. The molecule has 0 saturated carbocycles. The number of nitrogens with two attached hydrogens (primary N) is 1. The minimum absolute atomic E-state index is 0.190. The van der Waals surface area contributed by atoms with E-state index >= 15 is 0 Å². The van der Waals surface area contributed by atoms with Crippen LogP contribution in [0.2, 0.25) is 0 Å². The Bertz CT molecular complexity index is 600. The summed E-state index contributed by atoms with van der Waals surface area (Å²) in [5.74, 6) is -0.587. The number of ether oxygens (including phenoxy) is 1. The zero-order valence-electron chi connectivity index (χ0n) is 11.3. The van der Waals surface area contributed by atoms with E-state index in [1.807, 2.05) is 12.1 Å². The van der Waals surface area contributed by atoms with E-state index in [1.54, 1.807) is 19.1 Å². The Labute approximate surface area is 118 Å². The minimum Gasteiger partial charge on any atom is -0.465 e. The lowest BCUT2D eigenvalue weighted by atomic mass is 9.99. The van der Waals surface area contributed by atoms with Crippen LogP contribution in [-0.2, 0) is 26.2 Å². The van der Waals surface area contributed by atoms with E-state index in [9.17, 15) is 13.2 Å². The highest BCUT2D eigenvalue weighted by atomic mass is 32.2. The molecule has 0 saturated heterocycles. The first kappa shape index (κ1) is 15.0. The number of hydrogen-bond acceptors (Lipinski definition) is 4. The van der Waals surface area contributed by atoms with E-state index in [0.717, 1.165) is 9.87 Å². The molecule has 0 aromatic heterocycles. The number of esters is 1. The lowest BCUT2D eigenvalue weighted by molar-refractivity contribution is -0.148. The smallest absolute Gasteiger partial charge is 0.329 e. The first-order valence-corrected chi connectivity index (χ1v) is 7.99. The molecule has 2 N–H and O–H groups in total. The van der Waals surface area contributed by atoms with Gasteiger partial charge in [-0.15, -0.1) is 0 Å². The molecular weight excluding hydrogens is 280 g/mol. The molecular formula is C13H18N2O4S. The Balaban J connectivity index is 2.53. The van der Waals surface area contributed by atoms with Gasteiger partial charge in [-0.3, -0.25) is 0 Å². The molecule has 20 heavy (non-hydrogen) atoms. The molecule has 2 rings (SSSR count). The van der Waals surface area contributed by atoms with Crippen molar-refractivity contribution >= 4 is 16.2 Å². The molecule has 110 valence electrons. The first-order valence-electron chi connectivity index (χ1n) is 6.49. The van der Waals surface area contributed by atoms with Crippen molar-refractivity contribution in [3.05, 3.63) is 35.4 Å². The Hall–Kier alpha value is -1.44. The molecule has 0 amide bonds. The average Bonchev–Trinajstić information content (AvgIpc) is 2.57. The normalized spacial score (nSPS) is 20.0. The van der Waals surface area contributed by atoms with Gasteiger partial charge in [0.2, 0.25) is 0 Å². The Kier molecular flexibility index (Phi) is 4.42. The van der Waals surface area contributed by atoms with Gasteiger partial charge in [0.05, 0.1) is 6.61 Å². The summed E-state index contributed by atoms with van der Waals surface area (Å²) in [7, 11) is -3.97. The SMILES string of the molecule is CCOC(=O)C1c2ccccc2CCCN1S(N)(=O)=O. The Morgan fingerprint density at radius 1 is 1.45 bits per heavy atom. The lowest BCUT2D eigenvalue weighted by Gasteiger charge is -2.26. The number of fused-ring (bicyclic) bond motifs is 1. The fraction of sp³-hybridized carbons (Fsp3) is 0.462. The summed E-state index contributed by atoms with van der Waals surface area (Å²) >= 11 is 0. The third kappa shape index (κ3) is 3.00. The molecule has 1 aromatic rings. The van der Waals surface area contributed by atoms with Crippen LogP contribution in [-0.4, -0.2) is 31.8 Å². The summed E-state index contributed by atoms with van der Waals surface area (Å²) in [4.78, 5) is 12.2. The van der Waals surface area contributed by atoms with Gasteiger partial charge in [-0.2, -0.15) is 12.7 Å². The van der Waals surface area contributed by atoms with Crippen molar-refractivity contribution in [1.29, 1.82) is 0 Å². The molecule has 0 aliphatic carbocycles. The number of carbonyl (C=O) groups excluding carboxylic acids is 1. The second kappa shape index (κ2) is 5.90. The monoisotopic (exact) mass is 298 g/mol. The summed E-state index contributed by atoms with van der Waals surface area (Å²) in [5.41, 5.74) is 1.61. The predicted octanol–water partition coefficient (Wildman–Crippen LogP) is 0.743. The second-order valence-electron chi connectivity index (χ2n) is 4.61. The van der Waals surface area contributed by atoms with Crippen molar-refractivity contribution < 1.29 is 17.9 Å². The van der Waals surface area contributed by atoms with Gasteiger partial charge in [0.25, 0.3) is 10.2 Å². The van der Waals surface area contributed by atoms with Crippen molar-refractivity contribution in [2.24, 2.45) is 5.14 Å². The van der Waals surface area contributed by atoms with Crippen LogP contribution < -0.4 is 5.14 Å². The molecule has 0 spiro atoms. The maximum absolute atomic E-state index is 12.2. The van der Waals surface area contributed by atoms with Crippen LogP contribution in [0.1, 0.15) is 30.5 Å². The van der Waals surface area contributed by atoms with E-state index in [0.29, 0.717) is 18.4 Å². The van der Waals surface area contributed by atoms with Crippen molar-refractivity contribution in [1.82, 2.24) is 4.31 Å². The highest BCUT2D eigenvalue weighted by Gasteiger charge is 2.37. The summed E-state index contributed by atoms with van der Waals surface area (Å²) < 4.78 is 29.6. The van der Waals surface area contributed by atoms with Crippen molar-refractivity contribution in [3.63, 3.8) is 0 Å². The fourth-order valence-electron chi connectivity index (χ4n) is 2.48. The van der Waals surface area contributed by atoms with Gasteiger partial charge < -0.3 is 4.74 Å². The summed E-state index contributed by atoms with van der Waals surface area (Å²) in [6, 6.07) is 6.30. The highest BCUT2D eigenvalue weighted by molar-refractivity contribution is 7.86. The lowest BCUT2D eigenvalue weighted by Crippen LogP contribution is -2.43. The zero-order chi connectivity index (χ0) is 14.8. The van der Waals surface area contributed by atoms with E-state index in [1.165, 1.54) is 0 Å². The number of nitrogens with zero attached hydrogens (tertiary/aromatic N) is 1. The topological polar surface area (TPSA) is 89.7 Å². The Morgan fingerprint density at radius 3 is 2.80 bits per heavy atom. The number of carbonyl (C=O) groups is 1. The molecule has 6 nitrogen and oxygen atoms in total. The van der Waals surface area contributed by atoms with Gasteiger partial charge in [-0.05, 0) is 30.9 Å². The zero-order valence-corrected chi connectivity index (χ0v) is 12.1. The summed E-state index contributed by atoms with van der Waals surface area (Å²) in [6.07, 6.45) is 1.32. The Morgan fingerprint density at radius 2 is 2.15 bits per heavy atom. The van der Waals surface area contributed by atoms with Gasteiger partial charge in [-0.1, -0.05) is 24.3 Å². The molecule has 0 fully saturated rings. The number of rotatable bonds is 3. The highest BCUT2D eigenvalue weighted by Crippen LogP contribution is 2.31. The summed E-state index contributed by atoms with van der Waals surface area (Å²) in [6.45, 7) is 2.08. The van der Waals surface area contributed by atoms with E-state index < -0.39 is 22.2 Å². The summed E-state index contributed by atoms with van der Waals surface area (Å²) in [5, 5.41) is 5.25. The number of aryl methyl sites for hydroxylation is 1. The quantitative estimate of drug-likeness (QED) is 0.834. The standard InChI is InChI=1S/C13H18N2O4S/c1-2-19-13(16)12-11-8-4-3-6-10(11)7-5-9-15(12)20(14,17)18/h3-4,6,8,12H,2,5,7,9H2,1H3,(H2,14,17,18). The van der Waals surface area contributed by atoms with Gasteiger partial charge >= 0.3 is 5.97 Å². The molecule has 1 aliphatic rings. The van der Waals surface area contributed by atoms with Gasteiger partial charge in [-0.25, -0.2) is 9.93 Å². The van der Waals surface area contributed by atoms with Crippen LogP contribution >= 0.6 is 0 Å². The number of hydrogen-bond donors (Lipinski definition) is 1. The molecule has 0 radical (unpaired) electrons. The third-order valence-electron chi connectivity index (χ3n) is 3.30. The van der Waals surface area contributed by atoms with Gasteiger partial charge in [0.15, 0.2) is 0 Å². The van der Waals surface area contributed by atoms with Crippen LogP contribution in [0.3, 0.4) is 0 Å². The maximum Gasteiger partial charge on any atom is 0.329 e. The van der Waals surface area contributed by atoms with Crippen LogP contribution in [0.5, 0.6) is 0 Å². The van der Waals surface area contributed by atoms with Crippen molar-refractivity contribution in [3.8, 4) is 0 Å². The average molecular weight is 298 g/mol. The molecule has 1 unspecified atom stereocenters. The molecule has 1 aromatic carbocycles.